The number of nitrogens with zero attached hydrogens (tertiary/aromatic N) is 1. The molecule has 1 heterocycles. The first-order valence-corrected chi connectivity index (χ1v) is 7.67. The number of rotatable bonds is 2. The maximum Gasteiger partial charge on any atom is 0.141 e. The highest BCUT2D eigenvalue weighted by molar-refractivity contribution is 7.05. The van der Waals surface area contributed by atoms with Crippen LogP contribution in [0.15, 0.2) is 18.3 Å². The lowest BCUT2D eigenvalue weighted by Gasteiger charge is -2.13. The third-order valence-electron chi connectivity index (χ3n) is 1.73. The van der Waals surface area contributed by atoms with Gasteiger partial charge in [0.25, 0.3) is 0 Å². The van der Waals surface area contributed by atoms with Gasteiger partial charge in [0.1, 0.15) is 19.3 Å². The first kappa shape index (κ1) is 9.92. The van der Waals surface area contributed by atoms with Crippen LogP contribution >= 0.6 is 0 Å². The zero-order valence-corrected chi connectivity index (χ0v) is 9.16. The number of aromatic nitrogens is 1. The van der Waals surface area contributed by atoms with Crippen molar-refractivity contribution in [2.45, 2.75) is 19.6 Å². The summed E-state index contributed by atoms with van der Waals surface area (Å²) in [6.07, 6.45) is 1.55. The predicted molar refractivity (Wildman–Crippen MR) is 56.3 cm³/mol. The van der Waals surface area contributed by atoms with Crippen molar-refractivity contribution in [2.24, 2.45) is 0 Å². The van der Waals surface area contributed by atoms with Gasteiger partial charge in [-0.25, -0.2) is 4.98 Å². The molecule has 0 saturated carbocycles. The molecule has 0 aromatic carbocycles. The molecule has 3 nitrogen and oxygen atoms in total. The van der Waals surface area contributed by atoms with Crippen LogP contribution in [0.1, 0.15) is 10.4 Å². The molecule has 1 aromatic heterocycles. The molecular weight excluding hydrogens is 180 g/mol. The van der Waals surface area contributed by atoms with Crippen LogP contribution < -0.4 is 5.73 Å². The van der Waals surface area contributed by atoms with Crippen LogP contribution in [0.2, 0.25) is 19.6 Å². The molecule has 4 heteroatoms. The largest absolute Gasteiger partial charge is 0.384 e. The second-order valence-electron chi connectivity index (χ2n) is 4.05. The van der Waals surface area contributed by atoms with Crippen LogP contribution in [0, 0.1) is 0 Å². The van der Waals surface area contributed by atoms with Crippen LogP contribution in [-0.2, 0) is 0 Å². The Morgan fingerprint density at radius 2 is 2.00 bits per heavy atom. The van der Waals surface area contributed by atoms with Crippen molar-refractivity contribution in [1.82, 2.24) is 4.98 Å². The smallest absolute Gasteiger partial charge is 0.141 e. The topological polar surface area (TPSA) is 56.0 Å². The number of carbonyl (C=O) groups is 1. The summed E-state index contributed by atoms with van der Waals surface area (Å²) < 4.78 is 0. The van der Waals surface area contributed by atoms with E-state index < -0.39 is 8.07 Å². The van der Waals surface area contributed by atoms with Gasteiger partial charge in [-0.15, -0.1) is 0 Å². The quantitative estimate of drug-likeness (QED) is 0.729. The fourth-order valence-electron chi connectivity index (χ4n) is 0.973. The monoisotopic (exact) mass is 194 g/mol. The van der Waals surface area contributed by atoms with Crippen molar-refractivity contribution in [3.63, 3.8) is 0 Å². The zero-order valence-electron chi connectivity index (χ0n) is 8.16. The Labute approximate surface area is 79.0 Å². The van der Waals surface area contributed by atoms with Crippen molar-refractivity contribution in [3.8, 4) is 0 Å². The van der Waals surface area contributed by atoms with Crippen molar-refractivity contribution >= 4 is 19.3 Å². The van der Waals surface area contributed by atoms with E-state index in [0.29, 0.717) is 11.4 Å². The number of pyridine rings is 1. The number of carbonyl (C=O) groups excluding carboxylic acids is 1. The summed E-state index contributed by atoms with van der Waals surface area (Å²) in [5, 5.41) is 0.222. The minimum Gasteiger partial charge on any atom is -0.384 e. The summed E-state index contributed by atoms with van der Waals surface area (Å²) >= 11 is 0. The minimum absolute atomic E-state index is 0.222. The average Bonchev–Trinajstić information content (AvgIpc) is 2.03. The number of nitrogen functional groups attached to an aromatic ring is 1. The van der Waals surface area contributed by atoms with E-state index in [2.05, 4.69) is 4.98 Å². The highest BCUT2D eigenvalue weighted by Crippen LogP contribution is 2.11. The van der Waals surface area contributed by atoms with Gasteiger partial charge >= 0.3 is 0 Å². The van der Waals surface area contributed by atoms with Crippen molar-refractivity contribution in [2.75, 3.05) is 5.73 Å². The highest BCUT2D eigenvalue weighted by Gasteiger charge is 2.25. The molecule has 0 saturated heterocycles. The predicted octanol–water partition coefficient (Wildman–Crippen LogP) is 1.72. The van der Waals surface area contributed by atoms with Gasteiger partial charge in [-0.2, -0.15) is 0 Å². The van der Waals surface area contributed by atoms with Crippen LogP contribution in [0.4, 0.5) is 5.82 Å². The van der Waals surface area contributed by atoms with E-state index in [-0.39, 0.29) is 5.41 Å². The molecule has 0 radical (unpaired) electrons. The van der Waals surface area contributed by atoms with Gasteiger partial charge < -0.3 is 10.5 Å². The summed E-state index contributed by atoms with van der Waals surface area (Å²) in [6.45, 7) is 6.06. The summed E-state index contributed by atoms with van der Waals surface area (Å²) in [4.78, 5) is 15.7. The normalized spacial score (nSPS) is 11.3. The minimum atomic E-state index is -1.74. The fraction of sp³-hybridized carbons (Fsp3) is 0.333. The number of hydrogen-bond donors (Lipinski definition) is 1. The van der Waals surface area contributed by atoms with E-state index in [1.165, 1.54) is 0 Å². The summed E-state index contributed by atoms with van der Waals surface area (Å²) in [5.74, 6) is 0.451. The van der Waals surface area contributed by atoms with Gasteiger partial charge in [0.05, 0.1) is 0 Å². The molecular formula is C9H14N2OSi. The van der Waals surface area contributed by atoms with Gasteiger partial charge in [-0.3, -0.25) is 0 Å². The van der Waals surface area contributed by atoms with Gasteiger partial charge in [-0.1, -0.05) is 19.6 Å². The van der Waals surface area contributed by atoms with E-state index in [9.17, 15) is 4.79 Å². The number of hydrogen-bond acceptors (Lipinski definition) is 3. The summed E-state index contributed by atoms with van der Waals surface area (Å²) in [6, 6.07) is 3.40. The Hall–Kier alpha value is -1.16. The van der Waals surface area contributed by atoms with E-state index in [1.807, 2.05) is 19.6 Å². The lowest BCUT2D eigenvalue weighted by atomic mass is 10.3. The van der Waals surface area contributed by atoms with Gasteiger partial charge in [0.15, 0.2) is 0 Å². The average molecular weight is 194 g/mol. The van der Waals surface area contributed by atoms with Crippen molar-refractivity contribution < 1.29 is 4.79 Å². The van der Waals surface area contributed by atoms with E-state index in [4.69, 9.17) is 5.73 Å². The molecule has 2 N–H and O–H groups in total. The highest BCUT2D eigenvalue weighted by atomic mass is 28.3. The van der Waals surface area contributed by atoms with Gasteiger partial charge in [-0.05, 0) is 12.1 Å². The lowest BCUT2D eigenvalue weighted by Crippen LogP contribution is -2.33. The molecule has 0 atom stereocenters. The maximum absolute atomic E-state index is 11.8. The molecule has 13 heavy (non-hydrogen) atoms. The van der Waals surface area contributed by atoms with Crippen LogP contribution in [0.25, 0.3) is 0 Å². The summed E-state index contributed by atoms with van der Waals surface area (Å²) in [7, 11) is -1.74. The third-order valence-corrected chi connectivity index (χ3v) is 3.38. The SMILES string of the molecule is C[Si](C)(C)C(=O)c1ccc(N)nc1. The molecule has 0 fully saturated rings. The Bertz CT molecular complexity index is 313. The zero-order chi connectivity index (χ0) is 10.1. The van der Waals surface area contributed by atoms with Gasteiger partial charge in [0, 0.05) is 11.8 Å². The van der Waals surface area contributed by atoms with E-state index in [1.54, 1.807) is 18.3 Å². The standard InChI is InChI=1S/C9H14N2OSi/c1-13(2,3)9(12)7-4-5-8(10)11-6-7/h4-6H,1-3H3,(H2,10,11). The second-order valence-corrected chi connectivity index (χ2v) is 9.00. The first-order valence-electron chi connectivity index (χ1n) is 4.17. The van der Waals surface area contributed by atoms with Crippen LogP contribution in [-0.4, -0.2) is 18.5 Å². The number of anilines is 1. The Morgan fingerprint density at radius 3 is 2.38 bits per heavy atom. The number of nitrogens with two attached hydrogens (primary N) is 1. The van der Waals surface area contributed by atoms with E-state index in [0.717, 1.165) is 0 Å². The maximum atomic E-state index is 11.8. The fourth-order valence-corrected chi connectivity index (χ4v) is 1.99. The second kappa shape index (κ2) is 3.30. The lowest BCUT2D eigenvalue weighted by molar-refractivity contribution is 0.106. The molecule has 1 rings (SSSR count). The molecule has 0 unspecified atom stereocenters. The third kappa shape index (κ3) is 2.38. The molecule has 0 aliphatic carbocycles. The molecule has 0 amide bonds. The molecule has 0 bridgehead atoms. The Kier molecular flexibility index (Phi) is 2.52. The molecule has 0 aliphatic rings. The molecule has 0 spiro atoms. The Morgan fingerprint density at radius 1 is 1.38 bits per heavy atom. The van der Waals surface area contributed by atoms with Gasteiger partial charge in [0.2, 0.25) is 0 Å². The first-order chi connectivity index (χ1) is 5.91. The van der Waals surface area contributed by atoms with Crippen molar-refractivity contribution in [3.05, 3.63) is 23.9 Å². The van der Waals surface area contributed by atoms with Crippen LogP contribution in [0.5, 0.6) is 0 Å². The van der Waals surface area contributed by atoms with Crippen molar-refractivity contribution in [1.29, 1.82) is 0 Å². The van der Waals surface area contributed by atoms with E-state index >= 15 is 0 Å². The molecule has 70 valence electrons. The Balaban J connectivity index is 2.97. The molecule has 0 aliphatic heterocycles. The summed E-state index contributed by atoms with van der Waals surface area (Å²) in [5.41, 5.74) is 6.10. The molecule has 1 aromatic rings. The van der Waals surface area contributed by atoms with Crippen LogP contribution in [0.3, 0.4) is 0 Å².